The number of halogens is 2. The molecule has 0 fully saturated rings. The lowest BCUT2D eigenvalue weighted by Gasteiger charge is -2.10. The van der Waals surface area contributed by atoms with E-state index in [2.05, 4.69) is 22.8 Å². The molecule has 0 aliphatic heterocycles. The first kappa shape index (κ1) is 17.6. The van der Waals surface area contributed by atoms with E-state index in [1.165, 1.54) is 5.56 Å². The molecule has 0 saturated heterocycles. The van der Waals surface area contributed by atoms with E-state index in [-0.39, 0.29) is 0 Å². The summed E-state index contributed by atoms with van der Waals surface area (Å²) in [5.41, 5.74) is 4.53. The zero-order valence-electron chi connectivity index (χ0n) is 14.4. The Morgan fingerprint density at radius 3 is 2.48 bits per heavy atom. The molecule has 0 amide bonds. The van der Waals surface area contributed by atoms with Gasteiger partial charge >= 0.3 is 0 Å². The van der Waals surface area contributed by atoms with Gasteiger partial charge in [0.1, 0.15) is 5.82 Å². The highest BCUT2D eigenvalue weighted by molar-refractivity contribution is 6.42. The molecule has 0 bridgehead atoms. The number of aromatic nitrogens is 2. The number of imidazole rings is 1. The fraction of sp³-hybridized carbons (Fsp3) is 0.0909. The lowest BCUT2D eigenvalue weighted by atomic mass is 10.1. The summed E-state index contributed by atoms with van der Waals surface area (Å²) in [5.74, 6) is 0.814. The van der Waals surface area contributed by atoms with E-state index in [0.29, 0.717) is 15.6 Å². The van der Waals surface area contributed by atoms with Crippen LogP contribution in [0.2, 0.25) is 10.0 Å². The highest BCUT2D eigenvalue weighted by atomic mass is 35.5. The van der Waals surface area contributed by atoms with Crippen LogP contribution in [0, 0.1) is 11.3 Å². The maximum Gasteiger partial charge on any atom is 0.141 e. The number of aryl methyl sites for hydroxylation is 2. The molecule has 0 saturated carbocycles. The Balaban J connectivity index is 1.83. The average molecular weight is 392 g/mol. The van der Waals surface area contributed by atoms with Crippen molar-refractivity contribution in [3.63, 3.8) is 0 Å². The molecule has 1 aromatic heterocycles. The summed E-state index contributed by atoms with van der Waals surface area (Å²) in [6.07, 6.45) is 0.876. The van der Waals surface area contributed by atoms with E-state index >= 15 is 0 Å². The number of hydrogen-bond acceptors (Lipinski definition) is 2. The number of hydrogen-bond donors (Lipinski definition) is 0. The summed E-state index contributed by atoms with van der Waals surface area (Å²) < 4.78 is 2.17. The van der Waals surface area contributed by atoms with Gasteiger partial charge < -0.3 is 4.57 Å². The molecule has 132 valence electrons. The van der Waals surface area contributed by atoms with Crippen molar-refractivity contribution in [2.24, 2.45) is 0 Å². The van der Waals surface area contributed by atoms with Gasteiger partial charge in [0, 0.05) is 12.1 Å². The summed E-state index contributed by atoms with van der Waals surface area (Å²) in [6, 6.07) is 23.6. The Labute approximate surface area is 167 Å². The second-order valence-electron chi connectivity index (χ2n) is 6.27. The van der Waals surface area contributed by atoms with Crippen LogP contribution in [0.1, 0.15) is 11.1 Å². The van der Waals surface area contributed by atoms with Gasteiger partial charge in [-0.1, -0.05) is 53.5 Å². The van der Waals surface area contributed by atoms with Gasteiger partial charge in [0.15, 0.2) is 0 Å². The van der Waals surface area contributed by atoms with Crippen molar-refractivity contribution < 1.29 is 0 Å². The van der Waals surface area contributed by atoms with Crippen molar-refractivity contribution in [2.75, 3.05) is 0 Å². The molecule has 0 radical (unpaired) electrons. The number of benzene rings is 3. The molecule has 0 N–H and O–H groups in total. The topological polar surface area (TPSA) is 41.6 Å². The molecular weight excluding hydrogens is 377 g/mol. The normalized spacial score (nSPS) is 10.9. The first-order valence-corrected chi connectivity index (χ1v) is 9.31. The molecule has 0 unspecified atom stereocenters. The van der Waals surface area contributed by atoms with E-state index in [9.17, 15) is 5.26 Å². The molecule has 27 heavy (non-hydrogen) atoms. The molecule has 0 aliphatic rings. The number of fused-ring (bicyclic) bond motifs is 1. The predicted molar refractivity (Wildman–Crippen MR) is 110 cm³/mol. The van der Waals surface area contributed by atoms with Crippen LogP contribution >= 0.6 is 23.2 Å². The second kappa shape index (κ2) is 7.44. The van der Waals surface area contributed by atoms with Gasteiger partial charge in [0.2, 0.25) is 0 Å². The SMILES string of the molecule is N#Cc1ccc2c(c1)nc(-c1ccc(Cl)c(Cl)c1)n2CCc1ccccc1. The van der Waals surface area contributed by atoms with E-state index in [4.69, 9.17) is 28.2 Å². The van der Waals surface area contributed by atoms with Crippen molar-refractivity contribution in [3.8, 4) is 17.5 Å². The Morgan fingerprint density at radius 1 is 0.926 bits per heavy atom. The van der Waals surface area contributed by atoms with E-state index in [0.717, 1.165) is 35.4 Å². The van der Waals surface area contributed by atoms with E-state index < -0.39 is 0 Å². The third-order valence-corrected chi connectivity index (χ3v) is 5.26. The van der Waals surface area contributed by atoms with Gasteiger partial charge in [0.25, 0.3) is 0 Å². The van der Waals surface area contributed by atoms with Crippen LogP contribution in [0.5, 0.6) is 0 Å². The Morgan fingerprint density at radius 2 is 1.74 bits per heavy atom. The van der Waals surface area contributed by atoms with Gasteiger partial charge in [-0.05, 0) is 48.4 Å². The third-order valence-electron chi connectivity index (χ3n) is 4.52. The standard InChI is InChI=1S/C22H15Cl2N3/c23-18-8-7-17(13-19(18)24)22-26-20-12-16(14-25)6-9-21(20)27(22)11-10-15-4-2-1-3-5-15/h1-9,12-13H,10-11H2. The Bertz CT molecular complexity index is 1160. The van der Waals surface area contributed by atoms with Crippen LogP contribution in [-0.2, 0) is 13.0 Å². The lowest BCUT2D eigenvalue weighted by molar-refractivity contribution is 0.723. The average Bonchev–Trinajstić information content (AvgIpc) is 3.07. The summed E-state index contributed by atoms with van der Waals surface area (Å²) in [5, 5.41) is 10.2. The summed E-state index contributed by atoms with van der Waals surface area (Å²) in [7, 11) is 0. The van der Waals surface area contributed by atoms with Crippen molar-refractivity contribution in [1.82, 2.24) is 9.55 Å². The van der Waals surface area contributed by atoms with E-state index in [1.54, 1.807) is 6.07 Å². The molecule has 3 nitrogen and oxygen atoms in total. The molecule has 3 aromatic carbocycles. The Hall–Kier alpha value is -2.80. The highest BCUT2D eigenvalue weighted by Gasteiger charge is 2.14. The number of rotatable bonds is 4. The number of nitriles is 1. The maximum atomic E-state index is 9.19. The van der Waals surface area contributed by atoms with Crippen molar-refractivity contribution in [1.29, 1.82) is 5.26 Å². The van der Waals surface area contributed by atoms with Crippen LogP contribution in [0.3, 0.4) is 0 Å². The third kappa shape index (κ3) is 3.55. The molecule has 0 aliphatic carbocycles. The largest absolute Gasteiger partial charge is 0.324 e. The van der Waals surface area contributed by atoms with Gasteiger partial charge in [0.05, 0.1) is 32.7 Å². The van der Waals surface area contributed by atoms with Crippen LogP contribution in [-0.4, -0.2) is 9.55 Å². The van der Waals surface area contributed by atoms with Gasteiger partial charge in [-0.25, -0.2) is 4.98 Å². The summed E-state index contributed by atoms with van der Waals surface area (Å²) in [6.45, 7) is 0.766. The summed E-state index contributed by atoms with van der Waals surface area (Å²) >= 11 is 12.3. The first-order valence-electron chi connectivity index (χ1n) is 8.55. The molecular formula is C22H15Cl2N3. The zero-order chi connectivity index (χ0) is 18.8. The smallest absolute Gasteiger partial charge is 0.141 e. The van der Waals surface area contributed by atoms with Crippen molar-refractivity contribution in [2.45, 2.75) is 13.0 Å². The van der Waals surface area contributed by atoms with Gasteiger partial charge in [-0.3, -0.25) is 0 Å². The van der Waals surface area contributed by atoms with Crippen molar-refractivity contribution >= 4 is 34.2 Å². The van der Waals surface area contributed by atoms with E-state index in [1.807, 2.05) is 48.5 Å². The number of nitrogens with zero attached hydrogens (tertiary/aromatic N) is 3. The fourth-order valence-electron chi connectivity index (χ4n) is 3.17. The lowest BCUT2D eigenvalue weighted by Crippen LogP contribution is -2.03. The minimum atomic E-state index is 0.494. The minimum absolute atomic E-state index is 0.494. The molecule has 0 atom stereocenters. The molecule has 4 rings (SSSR count). The van der Waals surface area contributed by atoms with Crippen LogP contribution in [0.4, 0.5) is 0 Å². The minimum Gasteiger partial charge on any atom is -0.324 e. The van der Waals surface area contributed by atoms with Gasteiger partial charge in [-0.2, -0.15) is 5.26 Å². The van der Waals surface area contributed by atoms with Crippen LogP contribution < -0.4 is 0 Å². The maximum absolute atomic E-state index is 9.19. The highest BCUT2D eigenvalue weighted by Crippen LogP contribution is 2.31. The predicted octanol–water partition coefficient (Wildman–Crippen LogP) is 6.12. The van der Waals surface area contributed by atoms with Gasteiger partial charge in [-0.15, -0.1) is 0 Å². The molecule has 5 heteroatoms. The molecule has 4 aromatic rings. The molecule has 0 spiro atoms. The van der Waals surface area contributed by atoms with Crippen LogP contribution in [0.25, 0.3) is 22.4 Å². The zero-order valence-corrected chi connectivity index (χ0v) is 15.9. The second-order valence-corrected chi connectivity index (χ2v) is 7.08. The summed E-state index contributed by atoms with van der Waals surface area (Å²) in [4.78, 5) is 4.78. The van der Waals surface area contributed by atoms with Crippen LogP contribution in [0.15, 0.2) is 66.7 Å². The quantitative estimate of drug-likeness (QED) is 0.420. The van der Waals surface area contributed by atoms with Crippen molar-refractivity contribution in [3.05, 3.63) is 87.9 Å². The fourth-order valence-corrected chi connectivity index (χ4v) is 3.46. The Kier molecular flexibility index (Phi) is 4.85. The monoisotopic (exact) mass is 391 g/mol. The molecule has 1 heterocycles. The first-order chi connectivity index (χ1) is 13.2.